The average molecular weight is 324 g/mol. The highest BCUT2D eigenvalue weighted by atomic mass is 35.5. The Bertz CT molecular complexity index is 548. The van der Waals surface area contributed by atoms with Crippen LogP contribution >= 0.6 is 23.4 Å². The van der Waals surface area contributed by atoms with Crippen LogP contribution in [0.5, 0.6) is 0 Å². The fourth-order valence-corrected chi connectivity index (χ4v) is 4.75. The Hall–Kier alpha value is -0.670. The molecule has 0 radical (unpaired) electrons. The lowest BCUT2D eigenvalue weighted by Gasteiger charge is -2.28. The van der Waals surface area contributed by atoms with Crippen molar-refractivity contribution in [3.8, 4) is 0 Å². The highest BCUT2D eigenvalue weighted by Gasteiger charge is 2.42. The molecule has 4 heteroatoms. The number of hydrogen-bond acceptors (Lipinski definition) is 2. The zero-order valence-electron chi connectivity index (χ0n) is 12.6. The highest BCUT2D eigenvalue weighted by Crippen LogP contribution is 2.49. The van der Waals surface area contributed by atoms with Crippen molar-refractivity contribution in [1.29, 1.82) is 0 Å². The summed E-state index contributed by atoms with van der Waals surface area (Å²) in [5.41, 5.74) is 0.596. The van der Waals surface area contributed by atoms with Crippen molar-refractivity contribution >= 4 is 29.3 Å². The van der Waals surface area contributed by atoms with Crippen LogP contribution in [-0.2, 0) is 0 Å². The van der Waals surface area contributed by atoms with Gasteiger partial charge in [0, 0.05) is 10.9 Å². The maximum Gasteiger partial charge on any atom is 0.253 e. The van der Waals surface area contributed by atoms with Crippen molar-refractivity contribution < 1.29 is 4.79 Å². The molecule has 0 aromatic heterocycles. The van der Waals surface area contributed by atoms with E-state index in [-0.39, 0.29) is 11.9 Å². The van der Waals surface area contributed by atoms with Gasteiger partial charge in [-0.25, -0.2) is 0 Å². The van der Waals surface area contributed by atoms with E-state index in [4.69, 9.17) is 11.6 Å². The summed E-state index contributed by atoms with van der Waals surface area (Å²) in [5.74, 6) is 2.34. The molecule has 0 unspecified atom stereocenters. The molecule has 1 N–H and O–H groups in total. The standard InChI is InChI=1S/C17H22ClNOS/c1-10(14-8-11-3-4-12(14)7-11)19-17(20)15-9-13(21-2)5-6-16(15)18/h5-6,9-12,14H,3-4,7-8H2,1-2H3,(H,19,20)/t10-,11-,12-,14+/m0/s1. The van der Waals surface area contributed by atoms with Gasteiger partial charge in [0.05, 0.1) is 10.6 Å². The number of halogens is 1. The van der Waals surface area contributed by atoms with E-state index in [9.17, 15) is 4.79 Å². The third-order valence-electron chi connectivity index (χ3n) is 5.21. The normalized spacial score (nSPS) is 28.6. The van der Waals surface area contributed by atoms with Gasteiger partial charge in [-0.05, 0) is 68.4 Å². The van der Waals surface area contributed by atoms with Crippen molar-refractivity contribution in [2.45, 2.75) is 43.5 Å². The maximum atomic E-state index is 12.5. The molecule has 0 heterocycles. The van der Waals surface area contributed by atoms with Crippen LogP contribution in [0.4, 0.5) is 0 Å². The largest absolute Gasteiger partial charge is 0.349 e. The van der Waals surface area contributed by atoms with Gasteiger partial charge in [0.2, 0.25) is 0 Å². The van der Waals surface area contributed by atoms with Gasteiger partial charge in [-0.3, -0.25) is 4.79 Å². The lowest BCUT2D eigenvalue weighted by atomic mass is 9.84. The van der Waals surface area contributed by atoms with E-state index < -0.39 is 0 Å². The summed E-state index contributed by atoms with van der Waals surface area (Å²) in [4.78, 5) is 13.6. The first kappa shape index (κ1) is 15.2. The molecule has 0 spiro atoms. The Morgan fingerprint density at radius 3 is 2.81 bits per heavy atom. The van der Waals surface area contributed by atoms with Gasteiger partial charge >= 0.3 is 0 Å². The third kappa shape index (κ3) is 3.09. The first-order valence-corrected chi connectivity index (χ1v) is 9.33. The molecule has 1 aromatic carbocycles. The average Bonchev–Trinajstić information content (AvgIpc) is 3.10. The molecule has 2 nitrogen and oxygen atoms in total. The number of hydrogen-bond donors (Lipinski definition) is 1. The molecular formula is C17H22ClNOS. The van der Waals surface area contributed by atoms with Gasteiger partial charge in [0.15, 0.2) is 0 Å². The number of carbonyl (C=O) groups excluding carboxylic acids is 1. The van der Waals surface area contributed by atoms with Gasteiger partial charge in [-0.1, -0.05) is 18.0 Å². The smallest absolute Gasteiger partial charge is 0.253 e. The third-order valence-corrected chi connectivity index (χ3v) is 6.27. The molecule has 0 aliphatic heterocycles. The number of nitrogens with one attached hydrogen (secondary N) is 1. The second kappa shape index (κ2) is 6.21. The lowest BCUT2D eigenvalue weighted by Crippen LogP contribution is -2.40. The van der Waals surface area contributed by atoms with E-state index in [1.807, 2.05) is 24.5 Å². The molecule has 21 heavy (non-hydrogen) atoms. The van der Waals surface area contributed by atoms with Crippen LogP contribution in [0.3, 0.4) is 0 Å². The fourth-order valence-electron chi connectivity index (χ4n) is 4.10. The monoisotopic (exact) mass is 323 g/mol. The summed E-state index contributed by atoms with van der Waals surface area (Å²) in [5, 5.41) is 3.72. The summed E-state index contributed by atoms with van der Waals surface area (Å²) in [6.45, 7) is 2.15. The number of carbonyl (C=O) groups is 1. The predicted octanol–water partition coefficient (Wildman–Crippen LogP) is 4.62. The van der Waals surface area contributed by atoms with Crippen LogP contribution in [-0.4, -0.2) is 18.2 Å². The van der Waals surface area contributed by atoms with Crippen molar-refractivity contribution in [2.75, 3.05) is 6.26 Å². The summed E-state index contributed by atoms with van der Waals surface area (Å²) in [6.07, 6.45) is 7.39. The topological polar surface area (TPSA) is 29.1 Å². The molecule has 114 valence electrons. The Kier molecular flexibility index (Phi) is 4.51. The number of amides is 1. The fraction of sp³-hybridized carbons (Fsp3) is 0.588. The number of fused-ring (bicyclic) bond motifs is 2. The quantitative estimate of drug-likeness (QED) is 0.819. The van der Waals surface area contributed by atoms with E-state index in [0.717, 1.165) is 16.7 Å². The van der Waals surface area contributed by atoms with Crippen LogP contribution in [0.25, 0.3) is 0 Å². The Balaban J connectivity index is 1.68. The number of thioether (sulfide) groups is 1. The van der Waals surface area contributed by atoms with Crippen LogP contribution in [0.2, 0.25) is 5.02 Å². The van der Waals surface area contributed by atoms with Crippen molar-refractivity contribution in [3.63, 3.8) is 0 Å². The second-order valence-corrected chi connectivity index (χ2v) is 7.73. The van der Waals surface area contributed by atoms with Gasteiger partial charge < -0.3 is 5.32 Å². The predicted molar refractivity (Wildman–Crippen MR) is 89.1 cm³/mol. The molecule has 4 atom stereocenters. The first-order valence-electron chi connectivity index (χ1n) is 7.73. The minimum Gasteiger partial charge on any atom is -0.349 e. The molecular weight excluding hydrogens is 302 g/mol. The molecule has 0 saturated heterocycles. The Morgan fingerprint density at radius 2 is 2.19 bits per heavy atom. The van der Waals surface area contributed by atoms with Crippen LogP contribution in [0, 0.1) is 17.8 Å². The zero-order chi connectivity index (χ0) is 15.0. The molecule has 3 rings (SSSR count). The SMILES string of the molecule is CSc1ccc(Cl)c(C(=O)N[C@@H](C)[C@H]2C[C@H]3CC[C@H]2C3)c1. The van der Waals surface area contributed by atoms with Gasteiger partial charge in [0.25, 0.3) is 5.91 Å². The van der Waals surface area contributed by atoms with E-state index in [1.165, 1.54) is 25.7 Å². The summed E-state index contributed by atoms with van der Waals surface area (Å²) in [7, 11) is 0. The van der Waals surface area contributed by atoms with Crippen LogP contribution in [0.15, 0.2) is 23.1 Å². The minimum absolute atomic E-state index is 0.0360. The first-order chi connectivity index (χ1) is 10.1. The highest BCUT2D eigenvalue weighted by molar-refractivity contribution is 7.98. The molecule has 1 aromatic rings. The molecule has 2 saturated carbocycles. The second-order valence-electron chi connectivity index (χ2n) is 6.45. The van der Waals surface area contributed by atoms with Crippen molar-refractivity contribution in [1.82, 2.24) is 5.32 Å². The number of rotatable bonds is 4. The molecule has 2 bridgehead atoms. The number of benzene rings is 1. The van der Waals surface area contributed by atoms with E-state index in [1.54, 1.807) is 11.8 Å². The Morgan fingerprint density at radius 1 is 1.38 bits per heavy atom. The maximum absolute atomic E-state index is 12.5. The van der Waals surface area contributed by atoms with E-state index >= 15 is 0 Å². The van der Waals surface area contributed by atoms with E-state index in [0.29, 0.717) is 16.5 Å². The molecule has 2 aliphatic carbocycles. The lowest BCUT2D eigenvalue weighted by molar-refractivity contribution is 0.0915. The van der Waals surface area contributed by atoms with Gasteiger partial charge in [-0.15, -0.1) is 11.8 Å². The van der Waals surface area contributed by atoms with Crippen LogP contribution < -0.4 is 5.32 Å². The van der Waals surface area contributed by atoms with Crippen LogP contribution in [0.1, 0.15) is 43.0 Å². The molecule has 2 aliphatic rings. The molecule has 2 fully saturated rings. The zero-order valence-corrected chi connectivity index (χ0v) is 14.1. The van der Waals surface area contributed by atoms with E-state index in [2.05, 4.69) is 12.2 Å². The van der Waals surface area contributed by atoms with Gasteiger partial charge in [-0.2, -0.15) is 0 Å². The van der Waals surface area contributed by atoms with Crippen molar-refractivity contribution in [2.24, 2.45) is 17.8 Å². The molecule has 1 amide bonds. The summed E-state index contributed by atoms with van der Waals surface area (Å²) in [6, 6.07) is 5.88. The summed E-state index contributed by atoms with van der Waals surface area (Å²) >= 11 is 7.81. The Labute approximate surface area is 136 Å². The van der Waals surface area contributed by atoms with Gasteiger partial charge in [0.1, 0.15) is 0 Å². The minimum atomic E-state index is -0.0360. The van der Waals surface area contributed by atoms with Crippen molar-refractivity contribution in [3.05, 3.63) is 28.8 Å². The summed E-state index contributed by atoms with van der Waals surface area (Å²) < 4.78 is 0.